The minimum atomic E-state index is -3.27. The Balaban J connectivity index is 1.91. The molecule has 3 heterocycles. The molecule has 0 radical (unpaired) electrons. The van der Waals surface area contributed by atoms with E-state index in [1.54, 1.807) is 20.8 Å². The van der Waals surface area contributed by atoms with Crippen molar-refractivity contribution in [2.24, 2.45) is 0 Å². The summed E-state index contributed by atoms with van der Waals surface area (Å²) < 4.78 is 34.9. The Morgan fingerprint density at radius 1 is 1.31 bits per heavy atom. The first-order valence-electron chi connectivity index (χ1n) is 8.78. The monoisotopic (exact) mass is 423 g/mol. The van der Waals surface area contributed by atoms with Gasteiger partial charge in [0.25, 0.3) is 5.92 Å². The first kappa shape index (κ1) is 20.9. The number of aromatic nitrogens is 3. The smallest absolute Gasteiger partial charge is 0.410 e. The van der Waals surface area contributed by atoms with Crippen LogP contribution < -0.4 is 5.73 Å². The predicted molar refractivity (Wildman–Crippen MR) is 105 cm³/mol. The Kier molecular flexibility index (Phi) is 5.44. The van der Waals surface area contributed by atoms with Gasteiger partial charge in [0.05, 0.1) is 12.2 Å². The zero-order valence-electron chi connectivity index (χ0n) is 16.1. The van der Waals surface area contributed by atoms with Crippen LogP contribution in [0.3, 0.4) is 0 Å². The molecule has 0 unspecified atom stereocenters. The van der Waals surface area contributed by atoms with Crippen molar-refractivity contribution in [3.8, 4) is 11.3 Å². The van der Waals surface area contributed by atoms with Crippen LogP contribution in [0.15, 0.2) is 30.5 Å². The third-order valence-corrected chi connectivity index (χ3v) is 4.28. The second-order valence-corrected chi connectivity index (χ2v) is 7.97. The summed E-state index contributed by atoms with van der Waals surface area (Å²) in [7, 11) is 0. The largest absolute Gasteiger partial charge is 0.444 e. The lowest BCUT2D eigenvalue weighted by atomic mass is 9.95. The molecule has 1 amide bonds. The molecule has 0 spiro atoms. The third kappa shape index (κ3) is 4.79. The van der Waals surface area contributed by atoms with Gasteiger partial charge in [-0.1, -0.05) is 17.7 Å². The van der Waals surface area contributed by atoms with E-state index in [0.717, 1.165) is 4.90 Å². The average molecular weight is 424 g/mol. The number of halogens is 3. The van der Waals surface area contributed by atoms with Gasteiger partial charge in [-0.05, 0) is 44.5 Å². The lowest BCUT2D eigenvalue weighted by molar-refractivity contribution is -0.0105. The van der Waals surface area contributed by atoms with E-state index in [9.17, 15) is 13.6 Å². The van der Waals surface area contributed by atoms with Gasteiger partial charge in [-0.2, -0.15) is 8.78 Å². The van der Waals surface area contributed by atoms with Crippen LogP contribution in [0.4, 0.5) is 19.4 Å². The molecule has 3 rings (SSSR count). The second kappa shape index (κ2) is 7.55. The molecule has 1 aliphatic heterocycles. The Bertz CT molecular complexity index is 975. The van der Waals surface area contributed by atoms with Crippen LogP contribution >= 0.6 is 11.6 Å². The highest BCUT2D eigenvalue weighted by atomic mass is 35.5. The number of anilines is 1. The molecular formula is C19H20ClF2N5O2. The zero-order valence-corrected chi connectivity index (χ0v) is 16.9. The molecule has 1 aliphatic rings. The maximum absolute atomic E-state index is 14.9. The first-order valence-corrected chi connectivity index (χ1v) is 9.16. The van der Waals surface area contributed by atoms with Gasteiger partial charge in [0.2, 0.25) is 0 Å². The van der Waals surface area contributed by atoms with Crippen LogP contribution in [-0.2, 0) is 4.74 Å². The van der Waals surface area contributed by atoms with E-state index < -0.39 is 24.2 Å². The average Bonchev–Trinajstić information content (AvgIpc) is 2.61. The number of nitrogens with two attached hydrogens (primary N) is 1. The summed E-state index contributed by atoms with van der Waals surface area (Å²) in [6.45, 7) is 4.26. The fourth-order valence-electron chi connectivity index (χ4n) is 2.86. The molecule has 2 aromatic rings. The maximum atomic E-state index is 14.9. The number of nitrogen functional groups attached to an aromatic ring is 1. The molecule has 2 N–H and O–H groups in total. The maximum Gasteiger partial charge on any atom is 0.410 e. The van der Waals surface area contributed by atoms with Gasteiger partial charge >= 0.3 is 6.09 Å². The van der Waals surface area contributed by atoms with Gasteiger partial charge in [-0.3, -0.25) is 9.88 Å². The number of hydrogen-bond acceptors (Lipinski definition) is 6. The lowest BCUT2D eigenvalue weighted by Gasteiger charge is -2.34. The molecule has 0 atom stereocenters. The minimum absolute atomic E-state index is 0.00225. The number of rotatable bonds is 2. The van der Waals surface area contributed by atoms with Gasteiger partial charge in [0, 0.05) is 23.9 Å². The molecule has 154 valence electrons. The number of carbonyl (C=O) groups is 1. The van der Waals surface area contributed by atoms with Crippen LogP contribution in [0, 0.1) is 0 Å². The van der Waals surface area contributed by atoms with Crippen molar-refractivity contribution >= 4 is 29.1 Å². The highest BCUT2D eigenvalue weighted by Crippen LogP contribution is 2.37. The van der Waals surface area contributed by atoms with E-state index in [-0.39, 0.29) is 28.7 Å². The molecule has 0 aromatic carbocycles. The lowest BCUT2D eigenvalue weighted by Crippen LogP contribution is -2.46. The SMILES string of the molecule is CC(C)(C)OC(=O)N1CC=C(c2ccnc(-c3cc(Cl)nnc3N)c2)C(F)(F)C1. The molecule has 0 saturated carbocycles. The van der Waals surface area contributed by atoms with E-state index in [4.69, 9.17) is 22.1 Å². The molecule has 0 aliphatic carbocycles. The zero-order chi connectivity index (χ0) is 21.4. The number of ether oxygens (including phenoxy) is 1. The van der Waals surface area contributed by atoms with E-state index in [1.165, 1.54) is 30.5 Å². The quantitative estimate of drug-likeness (QED) is 0.783. The summed E-state index contributed by atoms with van der Waals surface area (Å²) in [6.07, 6.45) is 1.93. The topological polar surface area (TPSA) is 94.2 Å². The normalized spacial score (nSPS) is 16.3. The number of pyridine rings is 1. The Morgan fingerprint density at radius 3 is 2.69 bits per heavy atom. The number of amides is 1. The van der Waals surface area contributed by atoms with Crippen LogP contribution in [0.25, 0.3) is 16.8 Å². The molecule has 10 heteroatoms. The molecule has 0 fully saturated rings. The van der Waals surface area contributed by atoms with Crippen LogP contribution in [0.1, 0.15) is 26.3 Å². The van der Waals surface area contributed by atoms with Crippen LogP contribution in [-0.4, -0.2) is 50.8 Å². The van der Waals surface area contributed by atoms with E-state index in [0.29, 0.717) is 11.3 Å². The predicted octanol–water partition coefficient (Wildman–Crippen LogP) is 4.04. The molecule has 29 heavy (non-hydrogen) atoms. The van der Waals surface area contributed by atoms with Gasteiger partial charge in [-0.15, -0.1) is 10.2 Å². The van der Waals surface area contributed by atoms with Crippen molar-refractivity contribution in [2.45, 2.75) is 32.3 Å². The van der Waals surface area contributed by atoms with Crippen molar-refractivity contribution in [2.75, 3.05) is 18.8 Å². The fourth-order valence-corrected chi connectivity index (χ4v) is 3.01. The van der Waals surface area contributed by atoms with Crippen LogP contribution in [0.2, 0.25) is 5.15 Å². The van der Waals surface area contributed by atoms with Gasteiger partial charge in [-0.25, -0.2) is 4.79 Å². The molecule has 2 aromatic heterocycles. The van der Waals surface area contributed by atoms with Crippen molar-refractivity contribution in [1.29, 1.82) is 0 Å². The molecule has 7 nitrogen and oxygen atoms in total. The Hall–Kier alpha value is -2.81. The first-order chi connectivity index (χ1) is 13.5. The van der Waals surface area contributed by atoms with Crippen molar-refractivity contribution < 1.29 is 18.3 Å². The van der Waals surface area contributed by atoms with Crippen LogP contribution in [0.5, 0.6) is 0 Å². The number of hydrogen-bond donors (Lipinski definition) is 1. The summed E-state index contributed by atoms with van der Waals surface area (Å²) in [5.74, 6) is -3.19. The van der Waals surface area contributed by atoms with E-state index in [1.807, 2.05) is 0 Å². The summed E-state index contributed by atoms with van der Waals surface area (Å²) in [5.41, 5.74) is 5.83. The number of nitrogens with zero attached hydrogens (tertiary/aromatic N) is 4. The summed E-state index contributed by atoms with van der Waals surface area (Å²) in [6, 6.07) is 4.42. The highest BCUT2D eigenvalue weighted by Gasteiger charge is 2.42. The van der Waals surface area contributed by atoms with E-state index >= 15 is 0 Å². The Labute approximate surface area is 171 Å². The summed E-state index contributed by atoms with van der Waals surface area (Å²) in [5, 5.41) is 7.46. The van der Waals surface area contributed by atoms with Crippen molar-refractivity contribution in [1.82, 2.24) is 20.1 Å². The fraction of sp³-hybridized carbons (Fsp3) is 0.368. The Morgan fingerprint density at radius 2 is 2.03 bits per heavy atom. The second-order valence-electron chi connectivity index (χ2n) is 7.58. The van der Waals surface area contributed by atoms with Gasteiger partial charge in [0.1, 0.15) is 5.60 Å². The van der Waals surface area contributed by atoms with Crippen molar-refractivity contribution in [3.63, 3.8) is 0 Å². The summed E-state index contributed by atoms with van der Waals surface area (Å²) in [4.78, 5) is 17.3. The van der Waals surface area contributed by atoms with Gasteiger partial charge < -0.3 is 10.5 Å². The molecule has 0 bridgehead atoms. The highest BCUT2D eigenvalue weighted by molar-refractivity contribution is 6.29. The van der Waals surface area contributed by atoms with Gasteiger partial charge in [0.15, 0.2) is 11.0 Å². The summed E-state index contributed by atoms with van der Waals surface area (Å²) >= 11 is 5.85. The minimum Gasteiger partial charge on any atom is -0.444 e. The number of alkyl halides is 2. The standard InChI is InChI=1S/C19H20ClF2N5O2/c1-18(2,3)29-17(28)27-7-5-13(19(21,22)10-27)11-4-6-24-14(8-11)12-9-15(20)25-26-16(12)23/h4-6,8-9H,7,10H2,1-3H3,(H2,23,26). The molecular weight excluding hydrogens is 404 g/mol. The molecule has 0 saturated heterocycles. The van der Waals surface area contributed by atoms with E-state index in [2.05, 4.69) is 15.2 Å². The van der Waals surface area contributed by atoms with Crippen molar-refractivity contribution in [3.05, 3.63) is 41.2 Å². The number of carbonyl (C=O) groups excluding carboxylic acids is 1. The third-order valence-electron chi connectivity index (χ3n) is 4.09.